The molecule has 0 aliphatic rings. The van der Waals surface area contributed by atoms with E-state index in [0.717, 1.165) is 22.4 Å². The van der Waals surface area contributed by atoms with Gasteiger partial charge in [0.2, 0.25) is 5.91 Å². The normalized spacial score (nSPS) is 12.3. The molecule has 0 radical (unpaired) electrons. The van der Waals surface area contributed by atoms with Crippen LogP contribution in [0.1, 0.15) is 29.2 Å². The lowest BCUT2D eigenvalue weighted by molar-refractivity contribution is -0.120. The van der Waals surface area contributed by atoms with Crippen molar-refractivity contribution in [2.24, 2.45) is 0 Å². The highest BCUT2D eigenvalue weighted by molar-refractivity contribution is 6.42. The van der Waals surface area contributed by atoms with E-state index in [1.807, 2.05) is 44.9 Å². The van der Waals surface area contributed by atoms with Gasteiger partial charge in [-0.15, -0.1) is 0 Å². The summed E-state index contributed by atoms with van der Waals surface area (Å²) in [5.74, 6) is -0.0300. The van der Waals surface area contributed by atoms with Crippen molar-refractivity contribution in [3.8, 4) is 0 Å². The second kappa shape index (κ2) is 8.22. The Labute approximate surface area is 159 Å². The predicted molar refractivity (Wildman–Crippen MR) is 107 cm³/mol. The lowest BCUT2D eigenvalue weighted by Gasteiger charge is -2.25. The van der Waals surface area contributed by atoms with E-state index in [0.29, 0.717) is 16.6 Å². The van der Waals surface area contributed by atoms with Crippen LogP contribution in [-0.4, -0.2) is 23.9 Å². The third kappa shape index (κ3) is 4.97. The lowest BCUT2D eigenvalue weighted by Crippen LogP contribution is -2.39. The molecule has 0 aliphatic carbocycles. The van der Waals surface area contributed by atoms with Gasteiger partial charge in [0.1, 0.15) is 0 Å². The molecule has 0 heterocycles. The van der Waals surface area contributed by atoms with Crippen LogP contribution >= 0.6 is 23.2 Å². The van der Waals surface area contributed by atoms with Crippen molar-refractivity contribution in [1.29, 1.82) is 0 Å². The molecule has 0 saturated heterocycles. The standard InChI is InChI=1S/C20H24Cl2N2O/c1-12-8-13(2)19(14(3)9-12)23-20(25)15(4)24(5)11-16-6-7-17(21)18(22)10-16/h6-10,15H,11H2,1-5H3,(H,23,25)/t15-/m0/s1. The second-order valence-electron chi connectivity index (χ2n) is 6.60. The highest BCUT2D eigenvalue weighted by Crippen LogP contribution is 2.24. The first-order chi connectivity index (χ1) is 11.7. The number of hydrogen-bond acceptors (Lipinski definition) is 2. The van der Waals surface area contributed by atoms with Gasteiger partial charge in [0.05, 0.1) is 16.1 Å². The molecule has 5 heteroatoms. The molecule has 25 heavy (non-hydrogen) atoms. The first-order valence-electron chi connectivity index (χ1n) is 8.22. The van der Waals surface area contributed by atoms with Gasteiger partial charge in [0.25, 0.3) is 0 Å². The Bertz CT molecular complexity index is 766. The molecule has 1 N–H and O–H groups in total. The number of halogens is 2. The fourth-order valence-corrected chi connectivity index (χ4v) is 3.19. The van der Waals surface area contributed by atoms with Gasteiger partial charge in [-0.05, 0) is 63.6 Å². The number of anilines is 1. The molecule has 2 aromatic carbocycles. The van der Waals surface area contributed by atoms with Crippen LogP contribution < -0.4 is 5.32 Å². The molecule has 3 nitrogen and oxygen atoms in total. The summed E-state index contributed by atoms with van der Waals surface area (Å²) in [6.45, 7) is 8.59. The Morgan fingerprint density at radius 2 is 1.68 bits per heavy atom. The zero-order valence-electron chi connectivity index (χ0n) is 15.3. The SMILES string of the molecule is Cc1cc(C)c(NC(=O)[C@H](C)N(C)Cc2ccc(Cl)c(Cl)c2)c(C)c1. The van der Waals surface area contributed by atoms with Crippen molar-refractivity contribution in [2.45, 2.75) is 40.3 Å². The molecule has 0 bridgehead atoms. The summed E-state index contributed by atoms with van der Waals surface area (Å²) in [7, 11) is 1.92. The molecule has 1 amide bonds. The number of hydrogen-bond donors (Lipinski definition) is 1. The minimum Gasteiger partial charge on any atom is -0.324 e. The number of likely N-dealkylation sites (N-methyl/N-ethyl adjacent to an activating group) is 1. The molecule has 134 valence electrons. The zero-order valence-corrected chi connectivity index (χ0v) is 16.8. The fraction of sp³-hybridized carbons (Fsp3) is 0.350. The average molecular weight is 379 g/mol. The highest BCUT2D eigenvalue weighted by Gasteiger charge is 2.20. The number of nitrogens with zero attached hydrogens (tertiary/aromatic N) is 1. The van der Waals surface area contributed by atoms with Crippen molar-refractivity contribution in [1.82, 2.24) is 4.90 Å². The van der Waals surface area contributed by atoms with Crippen LogP contribution in [0.4, 0.5) is 5.69 Å². The molecule has 0 aromatic heterocycles. The summed E-state index contributed by atoms with van der Waals surface area (Å²) in [5, 5.41) is 4.12. The number of aryl methyl sites for hydroxylation is 3. The van der Waals surface area contributed by atoms with Crippen molar-refractivity contribution < 1.29 is 4.79 Å². The van der Waals surface area contributed by atoms with Crippen LogP contribution in [0.2, 0.25) is 10.0 Å². The minimum atomic E-state index is -0.283. The molecular formula is C20H24Cl2N2O. The van der Waals surface area contributed by atoms with Gasteiger partial charge in [0, 0.05) is 12.2 Å². The lowest BCUT2D eigenvalue weighted by atomic mass is 10.0. The minimum absolute atomic E-state index is 0.0300. The maximum Gasteiger partial charge on any atom is 0.241 e. The number of carbonyl (C=O) groups is 1. The van der Waals surface area contributed by atoms with Crippen LogP contribution in [0.25, 0.3) is 0 Å². The van der Waals surface area contributed by atoms with Gasteiger partial charge < -0.3 is 5.32 Å². The van der Waals surface area contributed by atoms with E-state index in [-0.39, 0.29) is 11.9 Å². The van der Waals surface area contributed by atoms with Crippen molar-refractivity contribution >= 4 is 34.8 Å². The number of benzene rings is 2. The van der Waals surface area contributed by atoms with E-state index in [9.17, 15) is 4.79 Å². The zero-order chi connectivity index (χ0) is 18.7. The van der Waals surface area contributed by atoms with Crippen LogP contribution in [0.15, 0.2) is 30.3 Å². The Hall–Kier alpha value is -1.55. The maximum atomic E-state index is 12.7. The van der Waals surface area contributed by atoms with Crippen molar-refractivity contribution in [3.63, 3.8) is 0 Å². The molecule has 2 aromatic rings. The molecular weight excluding hydrogens is 355 g/mol. The number of nitrogens with one attached hydrogen (secondary N) is 1. The van der Waals surface area contributed by atoms with Crippen LogP contribution in [0.5, 0.6) is 0 Å². The number of rotatable bonds is 5. The smallest absolute Gasteiger partial charge is 0.241 e. The Morgan fingerprint density at radius 3 is 2.24 bits per heavy atom. The average Bonchev–Trinajstić information content (AvgIpc) is 2.53. The van der Waals surface area contributed by atoms with Crippen LogP contribution in [-0.2, 0) is 11.3 Å². The third-order valence-electron chi connectivity index (χ3n) is 4.38. The van der Waals surface area contributed by atoms with Gasteiger partial charge in [-0.1, -0.05) is 47.0 Å². The molecule has 0 spiro atoms. The molecule has 0 saturated carbocycles. The van der Waals surface area contributed by atoms with Crippen molar-refractivity contribution in [2.75, 3.05) is 12.4 Å². The topological polar surface area (TPSA) is 32.3 Å². The molecule has 0 aliphatic heterocycles. The van der Waals surface area contributed by atoms with E-state index in [4.69, 9.17) is 23.2 Å². The van der Waals surface area contributed by atoms with E-state index >= 15 is 0 Å². The molecule has 0 unspecified atom stereocenters. The van der Waals surface area contributed by atoms with Gasteiger partial charge in [-0.3, -0.25) is 9.69 Å². The molecule has 2 rings (SSSR count). The first kappa shape index (κ1) is 19.8. The summed E-state index contributed by atoms with van der Waals surface area (Å²) >= 11 is 12.0. The summed E-state index contributed by atoms with van der Waals surface area (Å²) in [4.78, 5) is 14.6. The summed E-state index contributed by atoms with van der Waals surface area (Å²) in [6, 6.07) is 9.40. The van der Waals surface area contributed by atoms with Gasteiger partial charge in [-0.25, -0.2) is 0 Å². The molecule has 0 fully saturated rings. The highest BCUT2D eigenvalue weighted by atomic mass is 35.5. The number of amides is 1. The van der Waals surface area contributed by atoms with Crippen LogP contribution in [0.3, 0.4) is 0 Å². The quantitative estimate of drug-likeness (QED) is 0.757. The summed E-state index contributed by atoms with van der Waals surface area (Å²) in [6.07, 6.45) is 0. The van der Waals surface area contributed by atoms with E-state index < -0.39 is 0 Å². The van der Waals surface area contributed by atoms with Crippen molar-refractivity contribution in [3.05, 3.63) is 62.6 Å². The molecule has 1 atom stereocenters. The predicted octanol–water partition coefficient (Wildman–Crippen LogP) is 5.38. The van der Waals surface area contributed by atoms with Gasteiger partial charge >= 0.3 is 0 Å². The Morgan fingerprint density at radius 1 is 1.08 bits per heavy atom. The largest absolute Gasteiger partial charge is 0.324 e. The first-order valence-corrected chi connectivity index (χ1v) is 8.97. The monoisotopic (exact) mass is 378 g/mol. The van der Waals surface area contributed by atoms with Gasteiger partial charge in [-0.2, -0.15) is 0 Å². The van der Waals surface area contributed by atoms with Gasteiger partial charge in [0.15, 0.2) is 0 Å². The second-order valence-corrected chi connectivity index (χ2v) is 7.42. The summed E-state index contributed by atoms with van der Waals surface area (Å²) < 4.78 is 0. The Balaban J connectivity index is 2.07. The van der Waals surface area contributed by atoms with E-state index in [1.165, 1.54) is 5.56 Å². The Kier molecular flexibility index (Phi) is 6.50. The van der Waals surface area contributed by atoms with E-state index in [1.54, 1.807) is 6.07 Å². The number of carbonyl (C=O) groups excluding carboxylic acids is 1. The maximum absolute atomic E-state index is 12.7. The van der Waals surface area contributed by atoms with Crippen LogP contribution in [0, 0.1) is 20.8 Å². The fourth-order valence-electron chi connectivity index (χ4n) is 2.87. The summed E-state index contributed by atoms with van der Waals surface area (Å²) in [5.41, 5.74) is 5.25. The third-order valence-corrected chi connectivity index (χ3v) is 5.12. The van der Waals surface area contributed by atoms with E-state index in [2.05, 4.69) is 24.4 Å².